The molecule has 17 heavy (non-hydrogen) atoms. The van der Waals surface area contributed by atoms with Crippen molar-refractivity contribution in [1.29, 1.82) is 0 Å². The van der Waals surface area contributed by atoms with Crippen LogP contribution in [0.1, 0.15) is 16.1 Å². The summed E-state index contributed by atoms with van der Waals surface area (Å²) in [6, 6.07) is 6.22. The summed E-state index contributed by atoms with van der Waals surface area (Å²) in [5, 5.41) is 1.26. The maximum absolute atomic E-state index is 12.3. The molecule has 88 valence electrons. The number of hydrogen-bond acceptors (Lipinski definition) is 3. The molecule has 0 aliphatic heterocycles. The van der Waals surface area contributed by atoms with Crippen molar-refractivity contribution in [1.82, 2.24) is 4.98 Å². The van der Waals surface area contributed by atoms with Gasteiger partial charge in [0.2, 0.25) is 0 Å². The number of aromatic nitrogens is 1. The Labute approximate surface area is 98.7 Å². The maximum atomic E-state index is 12.3. The molecule has 1 aromatic heterocycles. The fourth-order valence-electron chi connectivity index (χ4n) is 1.24. The second-order valence-corrected chi connectivity index (χ2v) is 4.13. The monoisotopic (exact) mass is 257 g/mol. The number of aldehydes is 1. The molecule has 0 atom stereocenters. The molecule has 0 amide bonds. The average molecular weight is 257 g/mol. The number of hydrogen-bond donors (Lipinski definition) is 0. The Morgan fingerprint density at radius 3 is 2.29 bits per heavy atom. The van der Waals surface area contributed by atoms with E-state index < -0.39 is 11.9 Å². The van der Waals surface area contributed by atoms with E-state index in [1.54, 1.807) is 12.1 Å². The van der Waals surface area contributed by atoms with E-state index in [4.69, 9.17) is 0 Å². The van der Waals surface area contributed by atoms with Crippen LogP contribution in [0.15, 0.2) is 29.6 Å². The second-order valence-electron chi connectivity index (χ2n) is 3.28. The van der Waals surface area contributed by atoms with Crippen LogP contribution >= 0.6 is 11.3 Å². The first-order chi connectivity index (χ1) is 8.00. The zero-order valence-corrected chi connectivity index (χ0v) is 9.18. The smallest absolute Gasteiger partial charge is 0.298 e. The zero-order chi connectivity index (χ0) is 12.5. The van der Waals surface area contributed by atoms with Crippen molar-refractivity contribution >= 4 is 17.6 Å². The van der Waals surface area contributed by atoms with Crippen LogP contribution in [0.2, 0.25) is 0 Å². The first kappa shape index (κ1) is 11.8. The first-order valence-electron chi connectivity index (χ1n) is 4.59. The van der Waals surface area contributed by atoms with Crippen LogP contribution in [0.3, 0.4) is 0 Å². The van der Waals surface area contributed by atoms with Gasteiger partial charge in [-0.15, -0.1) is 11.3 Å². The molecule has 0 spiro atoms. The van der Waals surface area contributed by atoms with Crippen LogP contribution in [0, 0.1) is 0 Å². The van der Waals surface area contributed by atoms with Gasteiger partial charge >= 0.3 is 6.18 Å². The topological polar surface area (TPSA) is 30.0 Å². The van der Waals surface area contributed by atoms with Crippen molar-refractivity contribution in [3.8, 4) is 10.6 Å². The Bertz CT molecular complexity index is 530. The molecule has 6 heteroatoms. The molecule has 2 rings (SSSR count). The normalized spacial score (nSPS) is 11.5. The number of carbonyl (C=O) groups excluding carboxylic acids is 1. The maximum Gasteiger partial charge on any atom is 0.434 e. The Morgan fingerprint density at radius 2 is 1.82 bits per heavy atom. The molecule has 0 saturated carbocycles. The second kappa shape index (κ2) is 4.29. The summed E-state index contributed by atoms with van der Waals surface area (Å²) in [6.45, 7) is 0. The highest BCUT2D eigenvalue weighted by Crippen LogP contribution is 2.33. The van der Waals surface area contributed by atoms with Gasteiger partial charge in [-0.2, -0.15) is 13.2 Å². The number of rotatable bonds is 2. The third kappa shape index (κ3) is 2.52. The lowest BCUT2D eigenvalue weighted by Crippen LogP contribution is -2.04. The molecule has 1 heterocycles. The van der Waals surface area contributed by atoms with Crippen molar-refractivity contribution < 1.29 is 18.0 Å². The van der Waals surface area contributed by atoms with Crippen molar-refractivity contribution in [3.05, 3.63) is 40.9 Å². The molecule has 0 saturated heterocycles. The molecule has 0 aliphatic carbocycles. The third-order valence-corrected chi connectivity index (χ3v) is 2.98. The van der Waals surface area contributed by atoms with Gasteiger partial charge in [0, 0.05) is 16.5 Å². The molecule has 0 radical (unpaired) electrons. The van der Waals surface area contributed by atoms with E-state index in [2.05, 4.69) is 4.98 Å². The standard InChI is InChI=1S/C11H6F3NOS/c12-11(13,14)9-6-17-10(15-9)8-3-1-7(5-16)2-4-8/h1-6H. The van der Waals surface area contributed by atoms with Crippen molar-refractivity contribution in [2.75, 3.05) is 0 Å². The van der Waals surface area contributed by atoms with Gasteiger partial charge in [0.15, 0.2) is 5.69 Å². The minimum absolute atomic E-state index is 0.287. The van der Waals surface area contributed by atoms with E-state index in [-0.39, 0.29) is 5.01 Å². The molecule has 0 unspecified atom stereocenters. The van der Waals surface area contributed by atoms with E-state index in [1.807, 2.05) is 0 Å². The summed E-state index contributed by atoms with van der Waals surface area (Å²) in [7, 11) is 0. The van der Waals surface area contributed by atoms with E-state index >= 15 is 0 Å². The molecular formula is C11H6F3NOS. The van der Waals surface area contributed by atoms with Gasteiger partial charge in [0.1, 0.15) is 11.3 Å². The third-order valence-electron chi connectivity index (χ3n) is 2.09. The molecule has 2 aromatic rings. The lowest BCUT2D eigenvalue weighted by molar-refractivity contribution is -0.140. The van der Waals surface area contributed by atoms with Crippen LogP contribution in [-0.4, -0.2) is 11.3 Å². The predicted octanol–water partition coefficient (Wildman–Crippen LogP) is 3.64. The highest BCUT2D eigenvalue weighted by atomic mass is 32.1. The molecule has 0 fully saturated rings. The number of alkyl halides is 3. The fraction of sp³-hybridized carbons (Fsp3) is 0.0909. The number of thiazole rings is 1. The summed E-state index contributed by atoms with van der Waals surface area (Å²) in [5.74, 6) is 0. The minimum Gasteiger partial charge on any atom is -0.298 e. The largest absolute Gasteiger partial charge is 0.434 e. The van der Waals surface area contributed by atoms with Crippen LogP contribution in [-0.2, 0) is 6.18 Å². The summed E-state index contributed by atoms with van der Waals surface area (Å²) >= 11 is 0.924. The average Bonchev–Trinajstić information content (AvgIpc) is 2.78. The zero-order valence-electron chi connectivity index (χ0n) is 8.36. The highest BCUT2D eigenvalue weighted by molar-refractivity contribution is 7.13. The number of halogens is 3. The minimum atomic E-state index is -4.42. The van der Waals surface area contributed by atoms with Crippen LogP contribution in [0.25, 0.3) is 10.6 Å². The molecule has 2 nitrogen and oxygen atoms in total. The van der Waals surface area contributed by atoms with Gasteiger partial charge in [0.05, 0.1) is 0 Å². The fourth-order valence-corrected chi connectivity index (χ4v) is 2.07. The first-order valence-corrected chi connectivity index (χ1v) is 5.47. The predicted molar refractivity (Wildman–Crippen MR) is 57.9 cm³/mol. The van der Waals surface area contributed by atoms with Gasteiger partial charge < -0.3 is 0 Å². The number of nitrogens with zero attached hydrogens (tertiary/aromatic N) is 1. The summed E-state index contributed by atoms with van der Waals surface area (Å²) in [5.41, 5.74) is 0.148. The Hall–Kier alpha value is -1.69. The summed E-state index contributed by atoms with van der Waals surface area (Å²) in [6.07, 6.45) is -3.75. The van der Waals surface area contributed by atoms with Gasteiger partial charge in [-0.05, 0) is 0 Å². The Morgan fingerprint density at radius 1 is 1.18 bits per heavy atom. The van der Waals surface area contributed by atoms with Crippen LogP contribution < -0.4 is 0 Å². The van der Waals surface area contributed by atoms with Gasteiger partial charge in [-0.3, -0.25) is 4.79 Å². The number of benzene rings is 1. The van der Waals surface area contributed by atoms with Crippen LogP contribution in [0.5, 0.6) is 0 Å². The highest BCUT2D eigenvalue weighted by Gasteiger charge is 2.33. The van der Waals surface area contributed by atoms with Crippen LogP contribution in [0.4, 0.5) is 13.2 Å². The van der Waals surface area contributed by atoms with E-state index in [1.165, 1.54) is 12.1 Å². The Kier molecular flexibility index (Phi) is 2.97. The molecule has 1 aromatic carbocycles. The quantitative estimate of drug-likeness (QED) is 0.769. The Balaban J connectivity index is 2.33. The summed E-state index contributed by atoms with van der Waals surface area (Å²) in [4.78, 5) is 13.9. The van der Waals surface area contributed by atoms with Gasteiger partial charge in [-0.25, -0.2) is 4.98 Å². The number of carbonyl (C=O) groups is 1. The molecule has 0 bridgehead atoms. The molecule has 0 aliphatic rings. The van der Waals surface area contributed by atoms with E-state index in [9.17, 15) is 18.0 Å². The summed E-state index contributed by atoms with van der Waals surface area (Å²) < 4.78 is 37.0. The van der Waals surface area contributed by atoms with Gasteiger partial charge in [0.25, 0.3) is 0 Å². The van der Waals surface area contributed by atoms with E-state index in [0.717, 1.165) is 16.7 Å². The molecular weight excluding hydrogens is 251 g/mol. The van der Waals surface area contributed by atoms with Gasteiger partial charge in [-0.1, -0.05) is 24.3 Å². The lowest BCUT2D eigenvalue weighted by atomic mass is 10.1. The van der Waals surface area contributed by atoms with Crippen molar-refractivity contribution in [2.45, 2.75) is 6.18 Å². The van der Waals surface area contributed by atoms with Crippen molar-refractivity contribution in [3.63, 3.8) is 0 Å². The van der Waals surface area contributed by atoms with E-state index in [0.29, 0.717) is 17.4 Å². The lowest BCUT2D eigenvalue weighted by Gasteiger charge is -2.00. The molecule has 0 N–H and O–H groups in total. The van der Waals surface area contributed by atoms with Crippen molar-refractivity contribution in [2.24, 2.45) is 0 Å². The SMILES string of the molecule is O=Cc1ccc(-c2nc(C(F)(F)F)cs2)cc1.